The normalized spacial score (nSPS) is 21.0. The summed E-state index contributed by atoms with van der Waals surface area (Å²) in [7, 11) is 0. The van der Waals surface area contributed by atoms with Gasteiger partial charge in [-0.05, 0) is 39.0 Å². The highest BCUT2D eigenvalue weighted by molar-refractivity contribution is 5.94. The van der Waals surface area contributed by atoms with E-state index in [0.29, 0.717) is 25.8 Å². The maximum absolute atomic E-state index is 12.7. The summed E-state index contributed by atoms with van der Waals surface area (Å²) >= 11 is 0. The summed E-state index contributed by atoms with van der Waals surface area (Å²) in [5.74, 6) is -2.65. The standard InChI is InChI=1S/C18H32N4O6/c1-9(2)8-12(19)15(24)20-10(3)17(26)22-7-5-6-13(22)16(25)21-14(11(4)23)18(27)28/h9-14,23H,5-8,19H2,1-4H3,(H,20,24)(H,21,25)(H,27,28). The van der Waals surface area contributed by atoms with Gasteiger partial charge in [0.15, 0.2) is 6.04 Å². The van der Waals surface area contributed by atoms with Crippen molar-refractivity contribution in [3.63, 3.8) is 0 Å². The average Bonchev–Trinajstić information content (AvgIpc) is 3.06. The van der Waals surface area contributed by atoms with Gasteiger partial charge in [0.05, 0.1) is 12.1 Å². The SMILES string of the molecule is CC(C)CC(N)C(=O)NC(C)C(=O)N1CCCC1C(=O)NC(C(=O)O)C(C)O. The minimum atomic E-state index is -1.46. The number of carbonyl (C=O) groups excluding carboxylic acids is 3. The number of aliphatic hydroxyl groups excluding tert-OH is 1. The van der Waals surface area contributed by atoms with Gasteiger partial charge in [-0.3, -0.25) is 14.4 Å². The van der Waals surface area contributed by atoms with Gasteiger partial charge in [0.2, 0.25) is 17.7 Å². The van der Waals surface area contributed by atoms with E-state index in [1.165, 1.54) is 18.7 Å². The number of rotatable bonds is 9. The van der Waals surface area contributed by atoms with Crippen molar-refractivity contribution in [2.45, 2.75) is 77.2 Å². The van der Waals surface area contributed by atoms with E-state index < -0.39 is 54.0 Å². The molecule has 0 aromatic rings. The molecule has 10 heteroatoms. The Morgan fingerprint density at radius 2 is 1.75 bits per heavy atom. The van der Waals surface area contributed by atoms with Gasteiger partial charge in [-0.2, -0.15) is 0 Å². The second-order valence-corrected chi connectivity index (χ2v) is 7.72. The van der Waals surface area contributed by atoms with E-state index in [1.54, 1.807) is 0 Å². The van der Waals surface area contributed by atoms with Crippen molar-refractivity contribution in [1.29, 1.82) is 0 Å². The molecular weight excluding hydrogens is 368 g/mol. The molecule has 6 N–H and O–H groups in total. The Hall–Kier alpha value is -2.20. The Kier molecular flexibility index (Phi) is 8.83. The van der Waals surface area contributed by atoms with Gasteiger partial charge in [0, 0.05) is 6.54 Å². The van der Waals surface area contributed by atoms with Crippen LogP contribution in [0, 0.1) is 5.92 Å². The van der Waals surface area contributed by atoms with Gasteiger partial charge in [-0.25, -0.2) is 4.79 Å². The van der Waals surface area contributed by atoms with E-state index >= 15 is 0 Å². The number of carbonyl (C=O) groups is 4. The van der Waals surface area contributed by atoms with Crippen LogP contribution >= 0.6 is 0 Å². The molecule has 0 spiro atoms. The Labute approximate surface area is 164 Å². The van der Waals surface area contributed by atoms with Crippen LogP contribution in [0.5, 0.6) is 0 Å². The molecule has 1 aliphatic heterocycles. The van der Waals surface area contributed by atoms with Crippen LogP contribution in [0.15, 0.2) is 0 Å². The zero-order valence-electron chi connectivity index (χ0n) is 16.8. The first-order valence-corrected chi connectivity index (χ1v) is 9.53. The largest absolute Gasteiger partial charge is 0.480 e. The highest BCUT2D eigenvalue weighted by Crippen LogP contribution is 2.19. The highest BCUT2D eigenvalue weighted by Gasteiger charge is 2.38. The molecule has 0 bridgehead atoms. The van der Waals surface area contributed by atoms with Crippen molar-refractivity contribution in [3.05, 3.63) is 0 Å². The quantitative estimate of drug-likeness (QED) is 0.325. The maximum Gasteiger partial charge on any atom is 0.328 e. The first-order chi connectivity index (χ1) is 13.0. The van der Waals surface area contributed by atoms with E-state index in [-0.39, 0.29) is 5.92 Å². The number of likely N-dealkylation sites (tertiary alicyclic amines) is 1. The number of carboxylic acids is 1. The van der Waals surface area contributed by atoms with Crippen LogP contribution in [0.2, 0.25) is 0 Å². The number of carboxylic acid groups (broad SMARTS) is 1. The number of hydrogen-bond donors (Lipinski definition) is 5. The summed E-state index contributed by atoms with van der Waals surface area (Å²) in [6, 6.07) is -3.91. The minimum absolute atomic E-state index is 0.231. The van der Waals surface area contributed by atoms with Gasteiger partial charge in [-0.1, -0.05) is 13.8 Å². The zero-order chi connectivity index (χ0) is 21.6. The fourth-order valence-corrected chi connectivity index (χ4v) is 3.19. The van der Waals surface area contributed by atoms with E-state index in [2.05, 4.69) is 10.6 Å². The molecule has 1 heterocycles. The summed E-state index contributed by atoms with van der Waals surface area (Å²) in [5, 5.41) is 23.5. The molecule has 1 fully saturated rings. The predicted octanol–water partition coefficient (Wildman–Crippen LogP) is -1.19. The summed E-state index contributed by atoms with van der Waals surface area (Å²) in [6.45, 7) is 6.97. The monoisotopic (exact) mass is 400 g/mol. The van der Waals surface area contributed by atoms with E-state index in [1.807, 2.05) is 13.8 Å². The molecule has 5 unspecified atom stereocenters. The Morgan fingerprint density at radius 1 is 1.14 bits per heavy atom. The number of nitrogens with zero attached hydrogens (tertiary/aromatic N) is 1. The lowest BCUT2D eigenvalue weighted by Crippen LogP contribution is -2.57. The molecule has 0 aromatic heterocycles. The topological polar surface area (TPSA) is 162 Å². The van der Waals surface area contributed by atoms with Crippen molar-refractivity contribution < 1.29 is 29.4 Å². The van der Waals surface area contributed by atoms with E-state index in [0.717, 1.165) is 0 Å². The Balaban J connectivity index is 2.74. The fraction of sp³-hybridized carbons (Fsp3) is 0.778. The lowest BCUT2D eigenvalue weighted by atomic mass is 10.0. The minimum Gasteiger partial charge on any atom is -0.480 e. The number of aliphatic carboxylic acids is 1. The molecule has 1 saturated heterocycles. The van der Waals surface area contributed by atoms with Crippen LogP contribution in [0.3, 0.4) is 0 Å². The van der Waals surface area contributed by atoms with E-state index in [4.69, 9.17) is 10.8 Å². The second-order valence-electron chi connectivity index (χ2n) is 7.72. The molecule has 0 aliphatic carbocycles. The number of aliphatic hydroxyl groups is 1. The summed E-state index contributed by atoms with van der Waals surface area (Å²) < 4.78 is 0. The van der Waals surface area contributed by atoms with Crippen LogP contribution < -0.4 is 16.4 Å². The van der Waals surface area contributed by atoms with Gasteiger partial charge < -0.3 is 31.5 Å². The second kappa shape index (κ2) is 10.4. The van der Waals surface area contributed by atoms with Crippen LogP contribution in [-0.2, 0) is 19.2 Å². The molecule has 28 heavy (non-hydrogen) atoms. The first-order valence-electron chi connectivity index (χ1n) is 9.53. The summed E-state index contributed by atoms with van der Waals surface area (Å²) in [5.41, 5.74) is 5.83. The van der Waals surface area contributed by atoms with Crippen molar-refractivity contribution in [2.75, 3.05) is 6.54 Å². The molecule has 1 rings (SSSR count). The average molecular weight is 400 g/mol. The fourth-order valence-electron chi connectivity index (χ4n) is 3.19. The highest BCUT2D eigenvalue weighted by atomic mass is 16.4. The van der Waals surface area contributed by atoms with Gasteiger partial charge >= 0.3 is 5.97 Å². The summed E-state index contributed by atoms with van der Waals surface area (Å²) in [4.78, 5) is 49.8. The van der Waals surface area contributed by atoms with Crippen LogP contribution in [0.4, 0.5) is 0 Å². The summed E-state index contributed by atoms with van der Waals surface area (Å²) in [6.07, 6.45) is 0.144. The first kappa shape index (κ1) is 23.8. The number of amides is 3. The molecule has 160 valence electrons. The van der Waals surface area contributed by atoms with Gasteiger partial charge in [-0.15, -0.1) is 0 Å². The van der Waals surface area contributed by atoms with Crippen LogP contribution in [0.25, 0.3) is 0 Å². The third-order valence-corrected chi connectivity index (χ3v) is 4.68. The van der Waals surface area contributed by atoms with Crippen molar-refractivity contribution in [3.8, 4) is 0 Å². The maximum atomic E-state index is 12.7. The zero-order valence-corrected chi connectivity index (χ0v) is 16.8. The smallest absolute Gasteiger partial charge is 0.328 e. The molecule has 10 nitrogen and oxygen atoms in total. The number of nitrogens with one attached hydrogen (secondary N) is 2. The molecule has 1 aliphatic rings. The van der Waals surface area contributed by atoms with Crippen LogP contribution in [-0.4, -0.2) is 75.6 Å². The molecular formula is C18H32N4O6. The molecule has 5 atom stereocenters. The lowest BCUT2D eigenvalue weighted by molar-refractivity contribution is -0.147. The molecule has 0 aromatic carbocycles. The Bertz CT molecular complexity index is 595. The molecule has 0 saturated carbocycles. The third kappa shape index (κ3) is 6.45. The molecule has 3 amide bonds. The van der Waals surface area contributed by atoms with Gasteiger partial charge in [0.25, 0.3) is 0 Å². The molecule has 0 radical (unpaired) electrons. The number of nitrogens with two attached hydrogens (primary N) is 1. The predicted molar refractivity (Wildman–Crippen MR) is 101 cm³/mol. The van der Waals surface area contributed by atoms with Crippen molar-refractivity contribution in [2.24, 2.45) is 11.7 Å². The van der Waals surface area contributed by atoms with Crippen molar-refractivity contribution >= 4 is 23.7 Å². The van der Waals surface area contributed by atoms with Gasteiger partial charge in [0.1, 0.15) is 12.1 Å². The van der Waals surface area contributed by atoms with Crippen LogP contribution in [0.1, 0.15) is 47.0 Å². The van der Waals surface area contributed by atoms with E-state index in [9.17, 15) is 24.3 Å². The lowest BCUT2D eigenvalue weighted by Gasteiger charge is -2.29. The third-order valence-electron chi connectivity index (χ3n) is 4.68. The Morgan fingerprint density at radius 3 is 2.25 bits per heavy atom. The number of hydrogen-bond acceptors (Lipinski definition) is 6. The van der Waals surface area contributed by atoms with Crippen molar-refractivity contribution in [1.82, 2.24) is 15.5 Å².